The quantitative estimate of drug-likeness (QED) is 0.265. The van der Waals surface area contributed by atoms with Crippen molar-refractivity contribution in [1.82, 2.24) is 34.8 Å². The zero-order valence-corrected chi connectivity index (χ0v) is 28.1. The summed E-state index contributed by atoms with van der Waals surface area (Å²) in [4.78, 5) is 37.7. The standard InChI is InChI=1S/C38H37N9O3/c1-44-24-40-36(43-44)27-5-3-25(4-6-27)26-11-15-46(16-12-26)34(48)22-45-17-13-38(23-45)14-18-47(37(38)49)30-8-9-32-31(20-30)35(42-41-32)28-7-10-33(50-2)29(19-28)21-39/h3-11,19-20,24H,12-18,22-23H2,1-2H3,(H,41,42)/t38-/m0/s1. The number of aromatic amines is 1. The normalized spacial score (nSPS) is 19.4. The number of nitrogens with zero attached hydrogens (tertiary/aromatic N) is 8. The predicted molar refractivity (Wildman–Crippen MR) is 189 cm³/mol. The van der Waals surface area contributed by atoms with E-state index < -0.39 is 5.41 Å². The molecule has 3 aliphatic heterocycles. The number of aryl methyl sites for hydroxylation is 1. The molecular formula is C38H37N9O3. The van der Waals surface area contributed by atoms with Crippen LogP contribution in [0.2, 0.25) is 0 Å². The molecule has 5 heterocycles. The highest BCUT2D eigenvalue weighted by Gasteiger charge is 2.51. The highest BCUT2D eigenvalue weighted by molar-refractivity contribution is 6.03. The average Bonchev–Trinajstić information content (AvgIpc) is 3.95. The number of anilines is 1. The summed E-state index contributed by atoms with van der Waals surface area (Å²) in [6.45, 7) is 3.51. The highest BCUT2D eigenvalue weighted by Crippen LogP contribution is 2.43. The Morgan fingerprint density at radius 2 is 1.82 bits per heavy atom. The molecule has 0 unspecified atom stereocenters. The van der Waals surface area contributed by atoms with Gasteiger partial charge in [-0.2, -0.15) is 15.5 Å². The number of benzene rings is 3. The minimum Gasteiger partial charge on any atom is -0.495 e. The zero-order valence-electron chi connectivity index (χ0n) is 28.1. The van der Waals surface area contributed by atoms with Crippen LogP contribution in [-0.2, 0) is 16.6 Å². The third-order valence-corrected chi connectivity index (χ3v) is 10.4. The van der Waals surface area contributed by atoms with Gasteiger partial charge < -0.3 is 14.5 Å². The summed E-state index contributed by atoms with van der Waals surface area (Å²) in [6.07, 6.45) is 6.13. The van der Waals surface area contributed by atoms with Crippen molar-refractivity contribution < 1.29 is 14.3 Å². The van der Waals surface area contributed by atoms with Crippen LogP contribution in [0.4, 0.5) is 5.69 Å². The summed E-state index contributed by atoms with van der Waals surface area (Å²) in [5.41, 5.74) is 6.48. The topological polar surface area (TPSA) is 136 Å². The average molecular weight is 668 g/mol. The van der Waals surface area contributed by atoms with Crippen LogP contribution in [0, 0.1) is 16.7 Å². The fraction of sp³-hybridized carbons (Fsp3) is 0.316. The lowest BCUT2D eigenvalue weighted by molar-refractivity contribution is -0.132. The van der Waals surface area contributed by atoms with E-state index in [1.54, 1.807) is 30.3 Å². The molecule has 50 heavy (non-hydrogen) atoms. The molecule has 3 aliphatic rings. The van der Waals surface area contributed by atoms with Crippen LogP contribution < -0.4 is 9.64 Å². The first kappa shape index (κ1) is 31.5. The summed E-state index contributed by atoms with van der Waals surface area (Å²) < 4.78 is 7.00. The van der Waals surface area contributed by atoms with Gasteiger partial charge in [0.15, 0.2) is 5.82 Å². The molecule has 1 atom stereocenters. The number of carbonyl (C=O) groups is 2. The monoisotopic (exact) mass is 667 g/mol. The largest absolute Gasteiger partial charge is 0.495 e. The summed E-state index contributed by atoms with van der Waals surface area (Å²) in [5.74, 6) is 1.43. The van der Waals surface area contributed by atoms with Crippen LogP contribution in [0.25, 0.3) is 39.1 Å². The molecule has 0 bridgehead atoms. The second kappa shape index (κ2) is 12.6. The molecule has 0 radical (unpaired) electrons. The van der Waals surface area contributed by atoms with E-state index in [1.165, 1.54) is 5.57 Å². The molecule has 12 nitrogen and oxygen atoms in total. The number of carbonyl (C=O) groups excluding carboxylic acids is 2. The Kier molecular flexibility index (Phi) is 7.92. The van der Waals surface area contributed by atoms with Gasteiger partial charge >= 0.3 is 0 Å². The molecule has 1 N–H and O–H groups in total. The number of likely N-dealkylation sites (tertiary alicyclic amines) is 1. The lowest BCUT2D eigenvalue weighted by Crippen LogP contribution is -2.43. The molecule has 3 aromatic carbocycles. The van der Waals surface area contributed by atoms with Crippen molar-refractivity contribution in [3.63, 3.8) is 0 Å². The molecule has 2 aromatic heterocycles. The first-order valence-corrected chi connectivity index (χ1v) is 16.9. The van der Waals surface area contributed by atoms with Crippen molar-refractivity contribution in [3.05, 3.63) is 84.2 Å². The maximum Gasteiger partial charge on any atom is 0.237 e. The highest BCUT2D eigenvalue weighted by atomic mass is 16.5. The maximum absolute atomic E-state index is 14.0. The molecule has 12 heteroatoms. The Morgan fingerprint density at radius 1 is 1.02 bits per heavy atom. The Balaban J connectivity index is 0.904. The summed E-state index contributed by atoms with van der Waals surface area (Å²) >= 11 is 0. The third-order valence-electron chi connectivity index (χ3n) is 10.4. The molecule has 0 aliphatic carbocycles. The number of H-pyrrole nitrogens is 1. The summed E-state index contributed by atoms with van der Waals surface area (Å²) in [6, 6.07) is 21.8. The van der Waals surface area contributed by atoms with Gasteiger partial charge in [-0.05, 0) is 73.3 Å². The van der Waals surface area contributed by atoms with E-state index >= 15 is 0 Å². The van der Waals surface area contributed by atoms with Crippen LogP contribution in [0.15, 0.2) is 73.1 Å². The van der Waals surface area contributed by atoms with Crippen LogP contribution in [0.3, 0.4) is 0 Å². The number of hydrogen-bond donors (Lipinski definition) is 1. The summed E-state index contributed by atoms with van der Waals surface area (Å²) in [7, 11) is 3.40. The molecule has 8 rings (SSSR count). The van der Waals surface area contributed by atoms with Gasteiger partial charge in [0.1, 0.15) is 23.8 Å². The lowest BCUT2D eigenvalue weighted by atomic mass is 9.85. The van der Waals surface area contributed by atoms with Crippen molar-refractivity contribution >= 4 is 34.0 Å². The van der Waals surface area contributed by atoms with Gasteiger partial charge in [-0.15, -0.1) is 0 Å². The third kappa shape index (κ3) is 5.59. The van der Waals surface area contributed by atoms with E-state index in [0.29, 0.717) is 55.6 Å². The number of nitrogens with one attached hydrogen (secondary N) is 1. The molecule has 5 aromatic rings. The second-order valence-electron chi connectivity index (χ2n) is 13.4. The Bertz CT molecular complexity index is 2190. The summed E-state index contributed by atoms with van der Waals surface area (Å²) in [5, 5.41) is 22.5. The number of aromatic nitrogens is 5. The van der Waals surface area contributed by atoms with Crippen LogP contribution in [-0.4, -0.2) is 93.0 Å². The second-order valence-corrected chi connectivity index (χ2v) is 13.4. The number of amides is 2. The van der Waals surface area contributed by atoms with Gasteiger partial charge in [0.25, 0.3) is 0 Å². The van der Waals surface area contributed by atoms with Gasteiger partial charge in [-0.1, -0.05) is 30.3 Å². The number of methoxy groups -OCH3 is 1. The van der Waals surface area contributed by atoms with E-state index in [4.69, 9.17) is 4.74 Å². The molecule has 252 valence electrons. The van der Waals surface area contributed by atoms with Gasteiger partial charge in [0.2, 0.25) is 11.8 Å². The van der Waals surface area contributed by atoms with E-state index in [9.17, 15) is 14.9 Å². The Morgan fingerprint density at radius 3 is 2.56 bits per heavy atom. The fourth-order valence-corrected chi connectivity index (χ4v) is 7.63. The Hall–Kier alpha value is -5.80. The van der Waals surface area contributed by atoms with Gasteiger partial charge in [0.05, 0.1) is 30.1 Å². The van der Waals surface area contributed by atoms with Gasteiger partial charge in [-0.3, -0.25) is 24.3 Å². The van der Waals surface area contributed by atoms with Crippen molar-refractivity contribution in [2.75, 3.05) is 51.3 Å². The molecule has 0 saturated carbocycles. The minimum absolute atomic E-state index is 0.104. The number of rotatable bonds is 7. The van der Waals surface area contributed by atoms with Crippen molar-refractivity contribution in [2.45, 2.75) is 19.3 Å². The van der Waals surface area contributed by atoms with E-state index in [0.717, 1.165) is 59.1 Å². The van der Waals surface area contributed by atoms with Crippen LogP contribution in [0.1, 0.15) is 30.4 Å². The Labute approximate surface area is 289 Å². The zero-order chi connectivity index (χ0) is 34.4. The van der Waals surface area contributed by atoms with Crippen molar-refractivity contribution in [3.8, 4) is 34.5 Å². The lowest BCUT2D eigenvalue weighted by Gasteiger charge is -2.29. The first-order valence-electron chi connectivity index (χ1n) is 16.9. The van der Waals surface area contributed by atoms with Crippen LogP contribution in [0.5, 0.6) is 5.75 Å². The molecule has 2 saturated heterocycles. The SMILES string of the molecule is COc1ccc(-c2n[nH]c3ccc(N4CC[C@]5(CCN(CC(=O)N6CC=C(c7ccc(-c8ncn(C)n8)cc7)CC6)C5)C4=O)cc23)cc1C#N. The van der Waals surface area contributed by atoms with Crippen LogP contribution >= 0.6 is 0 Å². The smallest absolute Gasteiger partial charge is 0.237 e. The fourth-order valence-electron chi connectivity index (χ4n) is 7.63. The van der Waals surface area contributed by atoms with Gasteiger partial charge in [0, 0.05) is 55.4 Å². The molecular weight excluding hydrogens is 630 g/mol. The number of hydrogen-bond acceptors (Lipinski definition) is 8. The number of ether oxygens (including phenoxy) is 1. The molecule has 2 fully saturated rings. The van der Waals surface area contributed by atoms with Crippen molar-refractivity contribution in [2.24, 2.45) is 12.5 Å². The van der Waals surface area contributed by atoms with E-state index in [-0.39, 0.29) is 11.8 Å². The molecule has 1 spiro atoms. The number of nitriles is 1. The van der Waals surface area contributed by atoms with E-state index in [2.05, 4.69) is 49.5 Å². The minimum atomic E-state index is -0.488. The maximum atomic E-state index is 14.0. The van der Waals surface area contributed by atoms with Crippen molar-refractivity contribution in [1.29, 1.82) is 5.26 Å². The molecule has 2 amide bonds. The van der Waals surface area contributed by atoms with Gasteiger partial charge in [-0.25, -0.2) is 4.98 Å². The predicted octanol–water partition coefficient (Wildman–Crippen LogP) is 4.65. The first-order chi connectivity index (χ1) is 24.3. The number of fused-ring (bicyclic) bond motifs is 1. The van der Waals surface area contributed by atoms with E-state index in [1.807, 2.05) is 53.2 Å².